The first-order valence-electron chi connectivity index (χ1n) is 13.6. The van der Waals surface area contributed by atoms with Crippen molar-refractivity contribution in [3.8, 4) is 0 Å². The van der Waals surface area contributed by atoms with E-state index in [4.69, 9.17) is 16.7 Å². The van der Waals surface area contributed by atoms with Crippen LogP contribution in [0.1, 0.15) is 33.6 Å². The molecule has 3 N–H and O–H groups in total. The highest BCUT2D eigenvalue weighted by Crippen LogP contribution is 2.28. The van der Waals surface area contributed by atoms with E-state index in [9.17, 15) is 14.4 Å². The molecule has 3 heterocycles. The molecule has 3 amide bonds. The number of hydrogen-bond acceptors (Lipinski definition) is 8. The number of imide groups is 1. The van der Waals surface area contributed by atoms with Gasteiger partial charge in [-0.1, -0.05) is 11.6 Å². The molecule has 3 aromatic rings. The van der Waals surface area contributed by atoms with Gasteiger partial charge in [0.2, 0.25) is 5.91 Å². The summed E-state index contributed by atoms with van der Waals surface area (Å²) in [4.78, 5) is 48.2. The zero-order valence-electron chi connectivity index (χ0n) is 22.2. The Morgan fingerprint density at radius 2 is 1.73 bits per heavy atom. The van der Waals surface area contributed by atoms with Crippen LogP contribution < -0.4 is 15.5 Å². The Bertz CT molecular complexity index is 1410. The van der Waals surface area contributed by atoms with E-state index in [1.165, 1.54) is 0 Å². The van der Waals surface area contributed by atoms with Crippen LogP contribution in [0.2, 0.25) is 5.02 Å². The zero-order valence-corrected chi connectivity index (χ0v) is 23.0. The Morgan fingerprint density at radius 3 is 2.52 bits per heavy atom. The van der Waals surface area contributed by atoms with Crippen LogP contribution in [0.15, 0.2) is 48.7 Å². The molecule has 1 fully saturated rings. The molecule has 0 unspecified atom stereocenters. The van der Waals surface area contributed by atoms with Crippen molar-refractivity contribution >= 4 is 51.6 Å². The minimum atomic E-state index is -0.440. The second-order valence-electron chi connectivity index (χ2n) is 9.98. The molecular formula is C29H33ClN6O4. The predicted molar refractivity (Wildman–Crippen MR) is 155 cm³/mol. The number of unbranched alkanes of at least 4 members (excludes halogenated alkanes) is 1. The van der Waals surface area contributed by atoms with Crippen molar-refractivity contribution in [1.29, 1.82) is 0 Å². The van der Waals surface area contributed by atoms with E-state index in [0.717, 1.165) is 72.7 Å². The molecule has 2 aliphatic rings. The lowest BCUT2D eigenvalue weighted by Gasteiger charge is -2.35. The Balaban J connectivity index is 1.06. The molecule has 1 saturated heterocycles. The molecule has 40 heavy (non-hydrogen) atoms. The number of hydrogen-bond donors (Lipinski definition) is 3. The lowest BCUT2D eigenvalue weighted by Crippen LogP contribution is -2.47. The number of halogens is 1. The molecule has 0 saturated carbocycles. The van der Waals surface area contributed by atoms with Crippen molar-refractivity contribution in [2.75, 3.05) is 69.2 Å². The number of aliphatic hydroxyl groups is 1. The Hall–Kier alpha value is -3.73. The van der Waals surface area contributed by atoms with Gasteiger partial charge in [-0.2, -0.15) is 0 Å². The number of pyridine rings is 1. The standard InChI is InChI=1S/C29H33ClN6O4/c30-20-3-5-23-25(7-10-32-26(23)17-20)31-8-1-2-9-33-27(38)19-36-28(39)22-6-4-21(18-24(22)29(36)40)35-13-11-34(12-14-35)15-16-37/h3-7,10,17-18,37H,1-2,8-9,11-16,19H2,(H,31,32)(H,33,38). The third kappa shape index (κ3) is 6.19. The van der Waals surface area contributed by atoms with Gasteiger partial charge in [-0.3, -0.25) is 29.2 Å². The van der Waals surface area contributed by atoms with Gasteiger partial charge in [0, 0.05) is 73.8 Å². The van der Waals surface area contributed by atoms with Crippen LogP contribution in [0.25, 0.3) is 10.9 Å². The number of aromatic nitrogens is 1. The number of carbonyl (C=O) groups is 3. The number of aliphatic hydroxyl groups excluding tert-OH is 1. The fourth-order valence-corrected chi connectivity index (χ4v) is 5.33. The summed E-state index contributed by atoms with van der Waals surface area (Å²) >= 11 is 6.05. The first-order chi connectivity index (χ1) is 19.4. The maximum Gasteiger partial charge on any atom is 0.262 e. The Labute approximate surface area is 237 Å². The monoisotopic (exact) mass is 564 g/mol. The highest BCUT2D eigenvalue weighted by Gasteiger charge is 2.37. The van der Waals surface area contributed by atoms with Gasteiger partial charge in [0.25, 0.3) is 11.8 Å². The molecule has 0 aliphatic carbocycles. The zero-order chi connectivity index (χ0) is 28.1. The fourth-order valence-electron chi connectivity index (χ4n) is 5.17. The van der Waals surface area contributed by atoms with Gasteiger partial charge in [0.1, 0.15) is 6.54 Å². The summed E-state index contributed by atoms with van der Waals surface area (Å²) in [5.41, 5.74) is 3.35. The van der Waals surface area contributed by atoms with Crippen LogP contribution in [-0.2, 0) is 4.79 Å². The van der Waals surface area contributed by atoms with E-state index in [2.05, 4.69) is 25.4 Å². The lowest BCUT2D eigenvalue weighted by molar-refractivity contribution is -0.121. The fraction of sp³-hybridized carbons (Fsp3) is 0.379. The number of β-amino-alcohol motifs (C(OH)–C–C–N with tert-alkyl or cyclic N) is 1. The van der Waals surface area contributed by atoms with E-state index >= 15 is 0 Å². The number of amides is 3. The minimum Gasteiger partial charge on any atom is -0.395 e. The topological polar surface area (TPSA) is 118 Å². The van der Waals surface area contributed by atoms with Crippen LogP contribution in [0, 0.1) is 0 Å². The van der Waals surface area contributed by atoms with Crippen LogP contribution in [0.4, 0.5) is 11.4 Å². The van der Waals surface area contributed by atoms with Gasteiger partial charge in [-0.05, 0) is 55.3 Å². The summed E-state index contributed by atoms with van der Waals surface area (Å²) in [5.74, 6) is -1.24. The molecule has 0 bridgehead atoms. The quantitative estimate of drug-likeness (QED) is 0.240. The van der Waals surface area contributed by atoms with Gasteiger partial charge >= 0.3 is 0 Å². The molecule has 2 aliphatic heterocycles. The van der Waals surface area contributed by atoms with Crippen molar-refractivity contribution in [2.24, 2.45) is 0 Å². The largest absolute Gasteiger partial charge is 0.395 e. The van der Waals surface area contributed by atoms with Crippen LogP contribution in [0.5, 0.6) is 0 Å². The van der Waals surface area contributed by atoms with Crippen molar-refractivity contribution in [3.05, 3.63) is 64.8 Å². The first-order valence-corrected chi connectivity index (χ1v) is 14.0. The van der Waals surface area contributed by atoms with E-state index in [1.54, 1.807) is 18.3 Å². The Morgan fingerprint density at radius 1 is 0.950 bits per heavy atom. The molecule has 10 nitrogen and oxygen atoms in total. The molecule has 1 aromatic heterocycles. The average Bonchev–Trinajstić information content (AvgIpc) is 3.19. The second kappa shape index (κ2) is 12.6. The summed E-state index contributed by atoms with van der Waals surface area (Å²) in [6.07, 6.45) is 3.30. The normalized spacial score (nSPS) is 15.6. The van der Waals surface area contributed by atoms with Crippen molar-refractivity contribution in [2.45, 2.75) is 12.8 Å². The van der Waals surface area contributed by atoms with E-state index in [-0.39, 0.29) is 19.1 Å². The maximum atomic E-state index is 13.0. The van der Waals surface area contributed by atoms with E-state index in [1.807, 2.05) is 30.3 Å². The SMILES string of the molecule is O=C(CN1C(=O)c2ccc(N3CCN(CCO)CC3)cc2C1=O)NCCCCNc1ccnc2cc(Cl)ccc12. The molecule has 0 atom stereocenters. The van der Waals surface area contributed by atoms with Gasteiger partial charge in [0.05, 0.1) is 23.3 Å². The number of fused-ring (bicyclic) bond motifs is 2. The van der Waals surface area contributed by atoms with E-state index < -0.39 is 11.8 Å². The van der Waals surface area contributed by atoms with Crippen LogP contribution >= 0.6 is 11.6 Å². The number of nitrogens with zero attached hydrogens (tertiary/aromatic N) is 4. The third-order valence-electron chi connectivity index (χ3n) is 7.36. The van der Waals surface area contributed by atoms with Gasteiger partial charge in [-0.25, -0.2) is 0 Å². The van der Waals surface area contributed by atoms with Crippen molar-refractivity contribution in [3.63, 3.8) is 0 Å². The molecule has 11 heteroatoms. The number of benzene rings is 2. The summed E-state index contributed by atoms with van der Waals surface area (Å²) in [5, 5.41) is 17.0. The Kier molecular flexibility index (Phi) is 8.78. The summed E-state index contributed by atoms with van der Waals surface area (Å²) < 4.78 is 0. The van der Waals surface area contributed by atoms with Crippen molar-refractivity contribution < 1.29 is 19.5 Å². The second-order valence-corrected chi connectivity index (χ2v) is 10.4. The van der Waals surface area contributed by atoms with Crippen LogP contribution in [0.3, 0.4) is 0 Å². The number of rotatable bonds is 11. The number of nitrogens with one attached hydrogen (secondary N) is 2. The molecule has 5 rings (SSSR count). The highest BCUT2D eigenvalue weighted by molar-refractivity contribution is 6.31. The minimum absolute atomic E-state index is 0.135. The summed E-state index contributed by atoms with van der Waals surface area (Å²) in [6, 6.07) is 12.8. The lowest BCUT2D eigenvalue weighted by atomic mass is 10.1. The summed E-state index contributed by atoms with van der Waals surface area (Å²) in [7, 11) is 0. The van der Waals surface area contributed by atoms with Crippen molar-refractivity contribution in [1.82, 2.24) is 20.1 Å². The average molecular weight is 565 g/mol. The summed E-state index contributed by atoms with van der Waals surface area (Å²) in [6.45, 7) is 4.84. The van der Waals surface area contributed by atoms with Crippen LogP contribution in [-0.4, -0.2) is 96.6 Å². The predicted octanol–water partition coefficient (Wildman–Crippen LogP) is 2.61. The first kappa shape index (κ1) is 27.8. The number of piperazine rings is 1. The molecule has 0 radical (unpaired) electrons. The van der Waals surface area contributed by atoms with E-state index in [0.29, 0.717) is 29.2 Å². The molecule has 0 spiro atoms. The number of carbonyl (C=O) groups excluding carboxylic acids is 3. The maximum absolute atomic E-state index is 13.0. The van der Waals surface area contributed by atoms with Gasteiger partial charge in [-0.15, -0.1) is 0 Å². The molecule has 2 aromatic carbocycles. The number of anilines is 2. The molecule has 210 valence electrons. The smallest absolute Gasteiger partial charge is 0.262 e. The third-order valence-corrected chi connectivity index (χ3v) is 7.59. The van der Waals surface area contributed by atoms with Gasteiger partial charge in [0.15, 0.2) is 0 Å². The van der Waals surface area contributed by atoms with Gasteiger partial charge < -0.3 is 20.6 Å². The highest BCUT2D eigenvalue weighted by atomic mass is 35.5. The molecular weight excluding hydrogens is 532 g/mol.